The van der Waals surface area contributed by atoms with Crippen LogP contribution in [-0.2, 0) is 32.9 Å². The van der Waals surface area contributed by atoms with E-state index in [2.05, 4.69) is 116 Å². The maximum Gasteiger partial charge on any atom is 3.00 e. The Bertz CT molecular complexity index is 2980. The van der Waals surface area contributed by atoms with Gasteiger partial charge in [-0.3, -0.25) is 0 Å². The van der Waals surface area contributed by atoms with Crippen molar-refractivity contribution in [2.75, 3.05) is 0 Å². The van der Waals surface area contributed by atoms with Gasteiger partial charge in [-0.25, -0.2) is 19.9 Å². The Kier molecular flexibility index (Phi) is 10.9. The van der Waals surface area contributed by atoms with Crippen LogP contribution in [0.15, 0.2) is 118 Å². The van der Waals surface area contributed by atoms with Gasteiger partial charge in [-0.2, -0.15) is 0 Å². The van der Waals surface area contributed by atoms with Gasteiger partial charge in [0.25, 0.3) is 0 Å². The summed E-state index contributed by atoms with van der Waals surface area (Å²) in [6, 6.07) is 37.4. The van der Waals surface area contributed by atoms with Crippen LogP contribution in [0.3, 0.4) is 0 Å². The van der Waals surface area contributed by atoms with Crippen molar-refractivity contribution < 1.29 is 28.9 Å². The standard InChI is InChI=1S/2C26H24N2O.Ir/c2*1-15(2)13-19-14-18-9-5-7-11-21(18)27-24(19)23-16(3)17(4)26-25(28-23)20-10-6-8-12-22(20)29-26;/h2*5-12,14-15H,13H2,1-4H3;/q;;+3. The van der Waals surface area contributed by atoms with Crippen molar-refractivity contribution in [2.24, 2.45) is 11.8 Å². The van der Waals surface area contributed by atoms with E-state index in [1.807, 2.05) is 48.5 Å². The summed E-state index contributed by atoms with van der Waals surface area (Å²) >= 11 is 0. The predicted octanol–water partition coefficient (Wildman–Crippen LogP) is 14.0. The van der Waals surface area contributed by atoms with Crippen molar-refractivity contribution in [2.45, 2.75) is 68.2 Å². The van der Waals surface area contributed by atoms with Crippen molar-refractivity contribution in [1.82, 2.24) is 19.9 Å². The first-order chi connectivity index (χ1) is 28.0. The van der Waals surface area contributed by atoms with E-state index in [1.54, 1.807) is 0 Å². The molecular formula is C52H48IrN4O2+3. The van der Waals surface area contributed by atoms with Crippen molar-refractivity contribution in [3.05, 3.63) is 143 Å². The number of aromatic nitrogens is 4. The summed E-state index contributed by atoms with van der Waals surface area (Å²) in [6.45, 7) is 17.5. The fourth-order valence-electron chi connectivity index (χ4n) is 8.26. The monoisotopic (exact) mass is 953 g/mol. The van der Waals surface area contributed by atoms with Gasteiger partial charge >= 0.3 is 20.1 Å². The summed E-state index contributed by atoms with van der Waals surface area (Å²) in [7, 11) is 0. The first kappa shape index (κ1) is 40.0. The number of fused-ring (bicyclic) bond motifs is 8. The molecule has 0 atom stereocenters. The Labute approximate surface area is 358 Å². The number of nitrogens with zero attached hydrogens (tertiary/aromatic N) is 4. The average molecular weight is 953 g/mol. The topological polar surface area (TPSA) is 77.8 Å². The Morgan fingerprint density at radius 3 is 1.22 bits per heavy atom. The predicted molar refractivity (Wildman–Crippen MR) is 241 cm³/mol. The second kappa shape index (κ2) is 16.1. The van der Waals surface area contributed by atoms with E-state index in [9.17, 15) is 0 Å². The molecule has 6 aromatic heterocycles. The molecule has 59 heavy (non-hydrogen) atoms. The largest absolute Gasteiger partial charge is 3.00 e. The fourth-order valence-corrected chi connectivity index (χ4v) is 8.26. The Hall–Kier alpha value is -5.75. The number of hydrogen-bond acceptors (Lipinski definition) is 6. The van der Waals surface area contributed by atoms with Crippen molar-refractivity contribution in [3.8, 4) is 22.8 Å². The number of hydrogen-bond donors (Lipinski definition) is 0. The molecule has 0 radical (unpaired) electrons. The number of rotatable bonds is 6. The van der Waals surface area contributed by atoms with Gasteiger partial charge < -0.3 is 8.83 Å². The number of para-hydroxylation sites is 4. The molecule has 0 aliphatic carbocycles. The minimum Gasteiger partial charge on any atom is -0.454 e. The zero-order valence-corrected chi connectivity index (χ0v) is 37.3. The molecule has 0 aliphatic heterocycles. The van der Waals surface area contributed by atoms with Gasteiger partial charge in [-0.15, -0.1) is 0 Å². The molecule has 6 nitrogen and oxygen atoms in total. The van der Waals surface area contributed by atoms with Crippen LogP contribution in [0, 0.1) is 39.5 Å². The average Bonchev–Trinajstić information content (AvgIpc) is 3.79. The smallest absolute Gasteiger partial charge is 0.454 e. The van der Waals surface area contributed by atoms with Crippen molar-refractivity contribution in [3.63, 3.8) is 0 Å². The van der Waals surface area contributed by atoms with Gasteiger partial charge in [-0.05, 0) is 134 Å². The summed E-state index contributed by atoms with van der Waals surface area (Å²) in [5.74, 6) is 1.08. The molecule has 0 unspecified atom stereocenters. The maximum atomic E-state index is 6.14. The number of aryl methyl sites for hydroxylation is 2. The maximum absolute atomic E-state index is 6.14. The van der Waals surface area contributed by atoms with E-state index in [0.717, 1.165) is 113 Å². The number of benzene rings is 4. The van der Waals surface area contributed by atoms with Crippen molar-refractivity contribution >= 4 is 65.9 Å². The molecule has 294 valence electrons. The van der Waals surface area contributed by atoms with Gasteiger partial charge in [0.05, 0.1) is 33.8 Å². The van der Waals surface area contributed by atoms with Gasteiger partial charge in [0, 0.05) is 21.5 Å². The van der Waals surface area contributed by atoms with E-state index in [1.165, 1.54) is 21.9 Å². The van der Waals surface area contributed by atoms with Gasteiger partial charge in [0.15, 0.2) is 11.2 Å². The SMILES string of the molecule is Cc1c(-c2nc3ccccc3cc2CC(C)C)nc2c(oc3ccccc32)c1C.Cc1c(-c2nc3ccccc3cc2CC(C)C)nc2c(oc3ccccc32)c1C.[Ir+3]. The summed E-state index contributed by atoms with van der Waals surface area (Å²) < 4.78 is 12.3. The Morgan fingerprint density at radius 1 is 0.441 bits per heavy atom. The number of pyridine rings is 4. The number of furan rings is 2. The van der Waals surface area contributed by atoms with Crippen LogP contribution in [0.25, 0.3) is 88.7 Å². The van der Waals surface area contributed by atoms with E-state index in [0.29, 0.717) is 11.8 Å². The van der Waals surface area contributed by atoms with Crippen LogP contribution in [-0.4, -0.2) is 19.9 Å². The third kappa shape index (κ3) is 7.32. The molecule has 10 aromatic rings. The second-order valence-electron chi connectivity index (χ2n) is 16.5. The summed E-state index contributed by atoms with van der Waals surface area (Å²) in [6.07, 6.45) is 1.94. The van der Waals surface area contributed by atoms with Crippen LogP contribution >= 0.6 is 0 Å². The van der Waals surface area contributed by atoms with Crippen LogP contribution in [0.2, 0.25) is 0 Å². The Morgan fingerprint density at radius 2 is 0.814 bits per heavy atom. The minimum atomic E-state index is 0. The molecule has 0 saturated carbocycles. The molecule has 7 heteroatoms. The Balaban J connectivity index is 0.000000161. The zero-order chi connectivity index (χ0) is 40.2. The van der Waals surface area contributed by atoms with Crippen LogP contribution in [0.5, 0.6) is 0 Å². The quantitative estimate of drug-likeness (QED) is 0.165. The van der Waals surface area contributed by atoms with E-state index in [-0.39, 0.29) is 20.1 Å². The summed E-state index contributed by atoms with van der Waals surface area (Å²) in [4.78, 5) is 20.4. The molecule has 0 N–H and O–H groups in total. The molecule has 0 saturated heterocycles. The molecular weight excluding hydrogens is 905 g/mol. The van der Waals surface area contributed by atoms with Gasteiger partial charge in [-0.1, -0.05) is 88.4 Å². The molecule has 0 amide bonds. The van der Waals surface area contributed by atoms with Gasteiger partial charge in [0.2, 0.25) is 0 Å². The molecule has 6 heterocycles. The second-order valence-corrected chi connectivity index (χ2v) is 16.5. The third-order valence-corrected chi connectivity index (χ3v) is 11.4. The molecule has 0 spiro atoms. The first-order valence-corrected chi connectivity index (χ1v) is 20.4. The molecule has 0 bridgehead atoms. The van der Waals surface area contributed by atoms with Crippen LogP contribution in [0.4, 0.5) is 0 Å². The van der Waals surface area contributed by atoms with Crippen LogP contribution < -0.4 is 0 Å². The minimum absolute atomic E-state index is 0. The summed E-state index contributed by atoms with van der Waals surface area (Å²) in [5, 5.41) is 4.46. The van der Waals surface area contributed by atoms with E-state index < -0.39 is 0 Å². The first-order valence-electron chi connectivity index (χ1n) is 20.4. The fraction of sp³-hybridized carbons (Fsp3) is 0.231. The molecule has 4 aromatic carbocycles. The van der Waals surface area contributed by atoms with Crippen molar-refractivity contribution in [1.29, 1.82) is 0 Å². The van der Waals surface area contributed by atoms with Gasteiger partial charge in [0.1, 0.15) is 22.2 Å². The third-order valence-electron chi connectivity index (χ3n) is 11.4. The zero-order valence-electron chi connectivity index (χ0n) is 34.9. The molecule has 10 rings (SSSR count). The summed E-state index contributed by atoms with van der Waals surface area (Å²) in [5.41, 5.74) is 18.3. The van der Waals surface area contributed by atoms with E-state index >= 15 is 0 Å². The van der Waals surface area contributed by atoms with E-state index in [4.69, 9.17) is 28.8 Å². The van der Waals surface area contributed by atoms with Crippen LogP contribution in [0.1, 0.15) is 61.1 Å². The molecule has 0 fully saturated rings. The normalized spacial score (nSPS) is 11.7. The molecule has 0 aliphatic rings.